The molecule has 0 aliphatic heterocycles. The lowest BCUT2D eigenvalue weighted by molar-refractivity contribution is 0.375. The van der Waals surface area contributed by atoms with Crippen molar-refractivity contribution in [2.75, 3.05) is 14.2 Å². The number of methoxy groups -OCH3 is 2. The lowest BCUT2D eigenvalue weighted by Gasteiger charge is -2.11. The Kier molecular flexibility index (Phi) is 3.70. The summed E-state index contributed by atoms with van der Waals surface area (Å²) in [4.78, 5) is 12.3. The van der Waals surface area contributed by atoms with Gasteiger partial charge in [0.1, 0.15) is 11.3 Å². The zero-order valence-corrected chi connectivity index (χ0v) is 13.0. The van der Waals surface area contributed by atoms with Gasteiger partial charge in [-0.1, -0.05) is 12.1 Å². The van der Waals surface area contributed by atoms with E-state index in [4.69, 9.17) is 13.9 Å². The van der Waals surface area contributed by atoms with Crippen molar-refractivity contribution >= 4 is 11.0 Å². The predicted octanol–water partition coefficient (Wildman–Crippen LogP) is 3.49. The third-order valence-electron chi connectivity index (χ3n) is 3.76. The van der Waals surface area contributed by atoms with Gasteiger partial charge in [-0.3, -0.25) is 0 Å². The molecule has 0 unspecified atom stereocenters. The highest BCUT2D eigenvalue weighted by molar-refractivity contribution is 5.90. The molecule has 0 bridgehead atoms. The van der Waals surface area contributed by atoms with E-state index in [0.29, 0.717) is 39.2 Å². The molecule has 0 radical (unpaired) electrons. The summed E-state index contributed by atoms with van der Waals surface area (Å²) in [6, 6.07) is 10.4. The highest BCUT2D eigenvalue weighted by Crippen LogP contribution is 2.38. The topological polar surface area (TPSA) is 68.9 Å². The Morgan fingerprint density at radius 1 is 1.04 bits per heavy atom. The van der Waals surface area contributed by atoms with Gasteiger partial charge < -0.3 is 19.0 Å². The van der Waals surface area contributed by atoms with Crippen LogP contribution in [0.3, 0.4) is 0 Å². The van der Waals surface area contributed by atoms with Crippen molar-refractivity contribution in [3.8, 4) is 28.4 Å². The zero-order valence-electron chi connectivity index (χ0n) is 13.0. The molecule has 0 aliphatic rings. The molecule has 5 nitrogen and oxygen atoms in total. The second-order valence-electron chi connectivity index (χ2n) is 5.16. The lowest BCUT2D eigenvalue weighted by Crippen LogP contribution is -2.03. The van der Waals surface area contributed by atoms with Gasteiger partial charge in [-0.15, -0.1) is 0 Å². The monoisotopic (exact) mass is 312 g/mol. The fraction of sp³-hybridized carbons (Fsp3) is 0.167. The van der Waals surface area contributed by atoms with Crippen LogP contribution in [0.1, 0.15) is 5.56 Å². The number of rotatable bonds is 3. The molecule has 3 rings (SSSR count). The average Bonchev–Trinajstić information content (AvgIpc) is 2.56. The van der Waals surface area contributed by atoms with Crippen molar-refractivity contribution < 1.29 is 19.0 Å². The van der Waals surface area contributed by atoms with Gasteiger partial charge in [0.2, 0.25) is 0 Å². The van der Waals surface area contributed by atoms with E-state index >= 15 is 0 Å². The van der Waals surface area contributed by atoms with Crippen molar-refractivity contribution in [1.29, 1.82) is 0 Å². The molecule has 0 atom stereocenters. The van der Waals surface area contributed by atoms with Crippen LogP contribution in [0.2, 0.25) is 0 Å². The van der Waals surface area contributed by atoms with Gasteiger partial charge in [-0.2, -0.15) is 0 Å². The maximum Gasteiger partial charge on any atom is 0.344 e. The van der Waals surface area contributed by atoms with Crippen molar-refractivity contribution in [3.63, 3.8) is 0 Å². The Balaban J connectivity index is 2.27. The van der Waals surface area contributed by atoms with E-state index in [0.717, 1.165) is 0 Å². The van der Waals surface area contributed by atoms with Crippen LogP contribution in [-0.2, 0) is 0 Å². The van der Waals surface area contributed by atoms with Crippen LogP contribution in [0.15, 0.2) is 45.6 Å². The summed E-state index contributed by atoms with van der Waals surface area (Å²) in [5.74, 6) is 1.03. The SMILES string of the molecule is COc1ccc(-c2cc3c(OC)c(O)c(C)cc3oc2=O)cc1. The minimum absolute atomic E-state index is 0.0366. The Bertz CT molecular complexity index is 923. The van der Waals surface area contributed by atoms with Gasteiger partial charge >= 0.3 is 5.63 Å². The highest BCUT2D eigenvalue weighted by Gasteiger charge is 2.16. The fourth-order valence-electron chi connectivity index (χ4n) is 2.52. The van der Waals surface area contributed by atoms with Crippen LogP contribution in [0.5, 0.6) is 17.2 Å². The molecule has 0 spiro atoms. The predicted molar refractivity (Wildman–Crippen MR) is 87.4 cm³/mol. The molecular weight excluding hydrogens is 296 g/mol. The van der Waals surface area contributed by atoms with Crippen LogP contribution in [-0.4, -0.2) is 19.3 Å². The van der Waals surface area contributed by atoms with E-state index in [1.54, 1.807) is 50.4 Å². The first-order valence-corrected chi connectivity index (χ1v) is 7.04. The second-order valence-corrected chi connectivity index (χ2v) is 5.16. The van der Waals surface area contributed by atoms with Gasteiger partial charge in [0.05, 0.1) is 25.2 Å². The molecule has 23 heavy (non-hydrogen) atoms. The minimum Gasteiger partial charge on any atom is -0.504 e. The summed E-state index contributed by atoms with van der Waals surface area (Å²) in [6.07, 6.45) is 0. The fourth-order valence-corrected chi connectivity index (χ4v) is 2.52. The molecular formula is C18H16O5. The largest absolute Gasteiger partial charge is 0.504 e. The van der Waals surface area contributed by atoms with Crippen molar-refractivity contribution in [2.24, 2.45) is 0 Å². The van der Waals surface area contributed by atoms with Crippen LogP contribution < -0.4 is 15.1 Å². The first kappa shape index (κ1) is 15.0. The third-order valence-corrected chi connectivity index (χ3v) is 3.76. The smallest absolute Gasteiger partial charge is 0.344 e. The number of hydrogen-bond donors (Lipinski definition) is 1. The molecule has 5 heteroatoms. The third kappa shape index (κ3) is 2.50. The van der Waals surface area contributed by atoms with Gasteiger partial charge in [0.25, 0.3) is 0 Å². The van der Waals surface area contributed by atoms with Crippen molar-refractivity contribution in [3.05, 3.63) is 52.4 Å². The highest BCUT2D eigenvalue weighted by atomic mass is 16.5. The summed E-state index contributed by atoms with van der Waals surface area (Å²) in [5, 5.41) is 10.7. The second kappa shape index (κ2) is 5.68. The Morgan fingerprint density at radius 3 is 2.35 bits per heavy atom. The molecule has 1 heterocycles. The molecule has 1 aromatic heterocycles. The van der Waals surface area contributed by atoms with Crippen LogP contribution in [0.25, 0.3) is 22.1 Å². The summed E-state index contributed by atoms with van der Waals surface area (Å²) >= 11 is 0. The van der Waals surface area contributed by atoms with Gasteiger partial charge in [0, 0.05) is 0 Å². The maximum atomic E-state index is 12.3. The molecule has 0 amide bonds. The van der Waals surface area contributed by atoms with Gasteiger partial charge in [0.15, 0.2) is 11.5 Å². The molecule has 0 saturated carbocycles. The van der Waals surface area contributed by atoms with Crippen molar-refractivity contribution in [2.45, 2.75) is 6.92 Å². The number of fused-ring (bicyclic) bond motifs is 1. The van der Waals surface area contributed by atoms with E-state index in [9.17, 15) is 9.90 Å². The number of phenols is 1. The zero-order chi connectivity index (χ0) is 16.6. The first-order valence-electron chi connectivity index (χ1n) is 7.04. The van der Waals surface area contributed by atoms with Gasteiger partial charge in [-0.05, 0) is 42.3 Å². The molecule has 0 fully saturated rings. The molecule has 0 aliphatic carbocycles. The summed E-state index contributed by atoms with van der Waals surface area (Å²) in [5.41, 5.74) is 1.59. The van der Waals surface area contributed by atoms with Crippen LogP contribution in [0, 0.1) is 6.92 Å². The molecule has 118 valence electrons. The average molecular weight is 312 g/mol. The quantitative estimate of drug-likeness (QED) is 0.750. The van der Waals surface area contributed by atoms with E-state index in [1.807, 2.05) is 0 Å². The molecule has 2 aromatic carbocycles. The number of hydrogen-bond acceptors (Lipinski definition) is 5. The number of benzene rings is 2. The van der Waals surface area contributed by atoms with E-state index < -0.39 is 5.63 Å². The maximum absolute atomic E-state index is 12.3. The summed E-state index contributed by atoms with van der Waals surface area (Å²) in [6.45, 7) is 1.72. The van der Waals surface area contributed by atoms with E-state index in [1.165, 1.54) is 7.11 Å². The Labute approximate surface area is 132 Å². The van der Waals surface area contributed by atoms with Gasteiger partial charge in [-0.25, -0.2) is 4.79 Å². The molecule has 1 N–H and O–H groups in total. The lowest BCUT2D eigenvalue weighted by atomic mass is 10.0. The number of phenolic OH excluding ortho intramolecular Hbond substituents is 1. The minimum atomic E-state index is -0.449. The number of aryl methyl sites for hydroxylation is 1. The van der Waals surface area contributed by atoms with E-state index in [-0.39, 0.29) is 5.75 Å². The first-order chi connectivity index (χ1) is 11.0. The van der Waals surface area contributed by atoms with Crippen LogP contribution in [0.4, 0.5) is 0 Å². The number of ether oxygens (including phenoxy) is 2. The van der Waals surface area contributed by atoms with Crippen molar-refractivity contribution in [1.82, 2.24) is 0 Å². The normalized spacial score (nSPS) is 10.7. The van der Waals surface area contributed by atoms with Crippen LogP contribution >= 0.6 is 0 Å². The van der Waals surface area contributed by atoms with E-state index in [2.05, 4.69) is 0 Å². The summed E-state index contributed by atoms with van der Waals surface area (Å²) in [7, 11) is 3.04. The standard InChI is InChI=1S/C18H16O5/c1-10-8-15-14(17(22-3)16(10)19)9-13(18(20)23-15)11-4-6-12(21-2)7-5-11/h4-9,19H,1-3H3. The molecule has 0 saturated heterocycles. The molecule has 3 aromatic rings. The summed E-state index contributed by atoms with van der Waals surface area (Å²) < 4.78 is 15.8. The number of aromatic hydroxyl groups is 1. The Hall–Kier alpha value is -2.95. The Morgan fingerprint density at radius 2 is 1.74 bits per heavy atom.